The van der Waals surface area contributed by atoms with Crippen molar-refractivity contribution in [1.29, 1.82) is 0 Å². The second-order valence-corrected chi connectivity index (χ2v) is 12.4. The molecule has 0 radical (unpaired) electrons. The number of esters is 1. The monoisotopic (exact) mass is 558 g/mol. The van der Waals surface area contributed by atoms with Crippen LogP contribution in [0, 0.1) is 17.8 Å². The lowest BCUT2D eigenvalue weighted by molar-refractivity contribution is -0.163. The van der Waals surface area contributed by atoms with Crippen LogP contribution in [0.1, 0.15) is 78.7 Å². The lowest BCUT2D eigenvalue weighted by Crippen LogP contribution is -2.44. The second kappa shape index (κ2) is 13.8. The predicted octanol–water partition coefficient (Wildman–Crippen LogP) is 4.55. The molecule has 8 nitrogen and oxygen atoms in total. The summed E-state index contributed by atoms with van der Waals surface area (Å²) < 4.78 is 12.1. The molecule has 1 aromatic rings. The van der Waals surface area contributed by atoms with E-state index in [2.05, 4.69) is 33.8 Å². The minimum absolute atomic E-state index is 0.00506. The molecule has 8 heteroatoms. The average Bonchev–Trinajstić information content (AvgIpc) is 2.85. The molecule has 8 atom stereocenters. The Morgan fingerprint density at radius 3 is 2.38 bits per heavy atom. The standard InChI is InChI=1S/C32H46O8/c1-6-27(39-25-12-9-21(10-13-25)32(3,4)5)31(38)40-28-17-23(34)15-20-8-7-19(2)26(30(20)28)14-11-22(33)16-24(35)18-29(36)37/h7-10,12-13,15,19,22-24,26-28,30,33-35H,6,11,14,16-18H2,1-5H3,(H,36,37)/t19-,22-,23-,24-,26+,27+,28+,30+/m1/s1. The Balaban J connectivity index is 1.70. The van der Waals surface area contributed by atoms with Gasteiger partial charge in [-0.2, -0.15) is 0 Å². The summed E-state index contributed by atoms with van der Waals surface area (Å²) in [6.45, 7) is 10.3. The summed E-state index contributed by atoms with van der Waals surface area (Å²) in [6.07, 6.45) is 3.03. The lowest BCUT2D eigenvalue weighted by atomic mass is 9.66. The Morgan fingerprint density at radius 2 is 1.77 bits per heavy atom. The molecule has 0 aromatic heterocycles. The van der Waals surface area contributed by atoms with E-state index >= 15 is 0 Å². The number of carbonyl (C=O) groups excluding carboxylic acids is 1. The number of hydrogen-bond acceptors (Lipinski definition) is 7. The zero-order valence-electron chi connectivity index (χ0n) is 24.3. The van der Waals surface area contributed by atoms with Crippen molar-refractivity contribution in [2.75, 3.05) is 0 Å². The van der Waals surface area contributed by atoms with Gasteiger partial charge in [0.2, 0.25) is 0 Å². The molecule has 0 spiro atoms. The highest BCUT2D eigenvalue weighted by Crippen LogP contribution is 2.44. The molecular weight excluding hydrogens is 512 g/mol. The molecule has 0 unspecified atom stereocenters. The zero-order valence-corrected chi connectivity index (χ0v) is 24.3. The molecule has 0 fully saturated rings. The van der Waals surface area contributed by atoms with E-state index < -0.39 is 48.9 Å². The Hall–Kier alpha value is -2.68. The summed E-state index contributed by atoms with van der Waals surface area (Å²) in [4.78, 5) is 24.2. The summed E-state index contributed by atoms with van der Waals surface area (Å²) in [5.41, 5.74) is 2.08. The van der Waals surface area contributed by atoms with E-state index in [1.165, 1.54) is 0 Å². The molecule has 0 bridgehead atoms. The van der Waals surface area contributed by atoms with Crippen molar-refractivity contribution < 1.29 is 39.5 Å². The van der Waals surface area contributed by atoms with Crippen LogP contribution in [-0.2, 0) is 19.7 Å². The fourth-order valence-corrected chi connectivity index (χ4v) is 5.81. The molecule has 4 N–H and O–H groups in total. The second-order valence-electron chi connectivity index (χ2n) is 12.4. The maximum absolute atomic E-state index is 13.3. The van der Waals surface area contributed by atoms with Gasteiger partial charge in [-0.1, -0.05) is 65.0 Å². The van der Waals surface area contributed by atoms with E-state index in [1.54, 1.807) is 0 Å². The molecule has 0 aliphatic heterocycles. The van der Waals surface area contributed by atoms with Gasteiger partial charge in [0.05, 0.1) is 24.7 Å². The molecule has 222 valence electrons. The van der Waals surface area contributed by atoms with Gasteiger partial charge in [0.15, 0.2) is 6.10 Å². The van der Waals surface area contributed by atoms with E-state index in [9.17, 15) is 24.9 Å². The molecule has 2 aliphatic carbocycles. The maximum Gasteiger partial charge on any atom is 0.347 e. The average molecular weight is 559 g/mol. The normalized spacial score (nSPS) is 26.7. The number of aliphatic carboxylic acids is 1. The quantitative estimate of drug-likeness (QED) is 0.275. The number of aliphatic hydroxyl groups is 3. The van der Waals surface area contributed by atoms with Crippen molar-refractivity contribution in [3.63, 3.8) is 0 Å². The molecule has 1 aromatic carbocycles. The van der Waals surface area contributed by atoms with Gasteiger partial charge >= 0.3 is 11.9 Å². The van der Waals surface area contributed by atoms with E-state index in [4.69, 9.17) is 14.6 Å². The summed E-state index contributed by atoms with van der Waals surface area (Å²) in [5.74, 6) is -0.992. The highest BCUT2D eigenvalue weighted by molar-refractivity contribution is 5.75. The van der Waals surface area contributed by atoms with E-state index in [1.807, 2.05) is 43.3 Å². The van der Waals surface area contributed by atoms with E-state index in [-0.39, 0.29) is 36.0 Å². The molecule has 40 heavy (non-hydrogen) atoms. The van der Waals surface area contributed by atoms with Crippen molar-refractivity contribution in [3.8, 4) is 5.75 Å². The fraction of sp³-hybridized carbons (Fsp3) is 0.625. The summed E-state index contributed by atoms with van der Waals surface area (Å²) >= 11 is 0. The number of allylic oxidation sites excluding steroid dienone is 2. The van der Waals surface area contributed by atoms with Gasteiger partial charge in [0, 0.05) is 12.3 Å². The number of benzene rings is 1. The number of carboxylic acids is 1. The van der Waals surface area contributed by atoms with Crippen LogP contribution in [0.3, 0.4) is 0 Å². The maximum atomic E-state index is 13.3. The van der Waals surface area contributed by atoms with Crippen LogP contribution in [0.5, 0.6) is 5.75 Å². The summed E-state index contributed by atoms with van der Waals surface area (Å²) in [7, 11) is 0. The molecule has 0 amide bonds. The van der Waals surface area contributed by atoms with Crippen LogP contribution in [0.25, 0.3) is 0 Å². The third kappa shape index (κ3) is 8.66. The first kappa shape index (κ1) is 31.8. The molecular formula is C32H46O8. The number of hydrogen-bond donors (Lipinski definition) is 4. The van der Waals surface area contributed by atoms with Crippen molar-refractivity contribution in [3.05, 3.63) is 53.6 Å². The predicted molar refractivity (Wildman–Crippen MR) is 152 cm³/mol. The Kier molecular flexibility index (Phi) is 11.0. The highest BCUT2D eigenvalue weighted by atomic mass is 16.6. The van der Waals surface area contributed by atoms with Gasteiger partial charge in [0.25, 0.3) is 0 Å². The number of ether oxygens (including phenoxy) is 2. The summed E-state index contributed by atoms with van der Waals surface area (Å²) in [6, 6.07) is 7.73. The van der Waals surface area contributed by atoms with Crippen LogP contribution < -0.4 is 4.74 Å². The minimum Gasteiger partial charge on any atom is -0.481 e. The molecule has 0 heterocycles. The van der Waals surface area contributed by atoms with Crippen molar-refractivity contribution >= 4 is 11.9 Å². The first-order valence-electron chi connectivity index (χ1n) is 14.4. The van der Waals surface area contributed by atoms with Crippen LogP contribution in [0.4, 0.5) is 0 Å². The third-order valence-corrected chi connectivity index (χ3v) is 8.06. The van der Waals surface area contributed by atoms with E-state index in [0.29, 0.717) is 25.0 Å². The Bertz CT molecular complexity index is 1050. The largest absolute Gasteiger partial charge is 0.481 e. The summed E-state index contributed by atoms with van der Waals surface area (Å²) in [5, 5.41) is 39.8. The number of aliphatic hydroxyl groups excluding tert-OH is 3. The fourth-order valence-electron chi connectivity index (χ4n) is 5.81. The zero-order chi connectivity index (χ0) is 29.6. The van der Waals surface area contributed by atoms with Crippen LogP contribution in [-0.4, -0.2) is 62.9 Å². The first-order chi connectivity index (χ1) is 18.8. The van der Waals surface area contributed by atoms with Gasteiger partial charge in [-0.15, -0.1) is 0 Å². The third-order valence-electron chi connectivity index (χ3n) is 8.06. The molecule has 2 aliphatic rings. The number of carbonyl (C=O) groups is 2. The SMILES string of the molecule is CC[C@H](Oc1ccc(C(C)(C)C)cc1)C(=O)O[C@H]1C[C@H](O)C=C2C=C[C@@H](C)[C@H](CC[C@@H](O)C[C@@H](O)CC(=O)O)[C@H]21. The van der Waals surface area contributed by atoms with Gasteiger partial charge in [-0.3, -0.25) is 4.79 Å². The smallest absolute Gasteiger partial charge is 0.347 e. The van der Waals surface area contributed by atoms with Crippen molar-refractivity contribution in [2.45, 2.75) is 109 Å². The van der Waals surface area contributed by atoms with Crippen LogP contribution in [0.15, 0.2) is 48.1 Å². The van der Waals surface area contributed by atoms with Crippen LogP contribution in [0.2, 0.25) is 0 Å². The number of carboxylic acid groups (broad SMARTS) is 1. The Morgan fingerprint density at radius 1 is 1.10 bits per heavy atom. The minimum atomic E-state index is -1.11. The van der Waals surface area contributed by atoms with Crippen molar-refractivity contribution in [1.82, 2.24) is 0 Å². The van der Waals surface area contributed by atoms with Crippen LogP contribution >= 0.6 is 0 Å². The van der Waals surface area contributed by atoms with Crippen molar-refractivity contribution in [2.24, 2.45) is 17.8 Å². The topological polar surface area (TPSA) is 134 Å². The molecule has 0 saturated carbocycles. The van der Waals surface area contributed by atoms with E-state index in [0.717, 1.165) is 11.1 Å². The molecule has 0 saturated heterocycles. The molecule has 3 rings (SSSR count). The van der Waals surface area contributed by atoms with Gasteiger partial charge < -0.3 is 29.9 Å². The Labute approximate surface area is 237 Å². The highest BCUT2D eigenvalue weighted by Gasteiger charge is 2.42. The van der Waals surface area contributed by atoms with Gasteiger partial charge in [-0.25, -0.2) is 4.79 Å². The van der Waals surface area contributed by atoms with Gasteiger partial charge in [0.1, 0.15) is 11.9 Å². The first-order valence-corrected chi connectivity index (χ1v) is 14.4. The van der Waals surface area contributed by atoms with Gasteiger partial charge in [-0.05, 0) is 66.2 Å². The number of rotatable bonds is 12. The number of fused-ring (bicyclic) bond motifs is 1. The lowest BCUT2D eigenvalue weighted by Gasteiger charge is -2.43.